The van der Waals surface area contributed by atoms with Crippen LogP contribution in [-0.4, -0.2) is 36.9 Å². The molecule has 0 unspecified atom stereocenters. The van der Waals surface area contributed by atoms with Crippen LogP contribution in [0.5, 0.6) is 0 Å². The number of phosphoric acid groups is 1. The molecule has 0 aromatic rings. The molecule has 3 saturated carbocycles. The van der Waals surface area contributed by atoms with Crippen LogP contribution in [0, 0.1) is 0 Å². The van der Waals surface area contributed by atoms with Crippen molar-refractivity contribution in [3.63, 3.8) is 0 Å². The Bertz CT molecular complexity index is 545. The van der Waals surface area contributed by atoms with Gasteiger partial charge >= 0.3 is 205 Å². The number of phosphoric ester groups is 1. The SMILES string of the molecule is CCCCOP(=O)(OCCCC)OP(C)(C1CCCCC1)(C1CCCCC1)C1CCCCC1. The second-order valence-corrected chi connectivity index (χ2v) is 19.2. The first kappa shape index (κ1) is 28.1. The van der Waals surface area contributed by atoms with Crippen molar-refractivity contribution in [1.82, 2.24) is 0 Å². The number of unbranched alkanes of at least 4 members (excludes halogenated alkanes) is 2. The van der Waals surface area contributed by atoms with Crippen molar-refractivity contribution in [3.8, 4) is 0 Å². The molecule has 0 heterocycles. The van der Waals surface area contributed by atoms with Gasteiger partial charge in [0.05, 0.1) is 0 Å². The first-order valence-corrected chi connectivity index (χ1v) is 18.8. The van der Waals surface area contributed by atoms with E-state index in [1.807, 2.05) is 0 Å². The minimum atomic E-state index is -3.61. The predicted molar refractivity (Wildman–Crippen MR) is 144 cm³/mol. The van der Waals surface area contributed by atoms with Crippen LogP contribution in [0.15, 0.2) is 0 Å². The zero-order valence-corrected chi connectivity index (χ0v) is 23.9. The van der Waals surface area contributed by atoms with Crippen molar-refractivity contribution >= 4 is 14.7 Å². The summed E-state index contributed by atoms with van der Waals surface area (Å²) in [5.74, 6) is 0. The standard InChI is InChI=1S/C27H54O4P2/c1-4-6-23-29-32(28,30-24-7-5-2)31-33(3,25-17-11-8-12-18-25,26-19-13-9-14-20-26)27-21-15-10-16-22-27/h25-27H,4-24H2,1-3H3. The normalized spacial score (nSPS) is 23.9. The molecule has 4 nitrogen and oxygen atoms in total. The van der Waals surface area contributed by atoms with Gasteiger partial charge in [-0.2, -0.15) is 0 Å². The van der Waals surface area contributed by atoms with E-state index in [2.05, 4.69) is 20.5 Å². The minimum absolute atomic E-state index is 0.479. The molecule has 3 rings (SSSR count). The van der Waals surface area contributed by atoms with Crippen LogP contribution in [0.1, 0.15) is 136 Å². The Hall–Kier alpha value is 0.540. The summed E-state index contributed by atoms with van der Waals surface area (Å²) in [7, 11) is -3.61. The summed E-state index contributed by atoms with van der Waals surface area (Å²) < 4.78 is 34.2. The summed E-state index contributed by atoms with van der Waals surface area (Å²) >= 11 is 0. The zero-order chi connectivity index (χ0) is 23.6. The third-order valence-electron chi connectivity index (χ3n) is 9.35. The Morgan fingerprint density at radius 1 is 0.636 bits per heavy atom. The molecule has 3 aliphatic carbocycles. The van der Waals surface area contributed by atoms with Crippen molar-refractivity contribution in [2.45, 2.75) is 153 Å². The van der Waals surface area contributed by atoms with E-state index >= 15 is 0 Å². The van der Waals surface area contributed by atoms with E-state index in [9.17, 15) is 4.57 Å². The topological polar surface area (TPSA) is 44.8 Å². The van der Waals surface area contributed by atoms with Crippen molar-refractivity contribution in [2.24, 2.45) is 0 Å². The van der Waals surface area contributed by atoms with Crippen molar-refractivity contribution in [3.05, 3.63) is 0 Å². The van der Waals surface area contributed by atoms with Gasteiger partial charge in [0.15, 0.2) is 0 Å². The Labute approximate surface area is 205 Å². The first-order chi connectivity index (χ1) is 16.0. The van der Waals surface area contributed by atoms with Gasteiger partial charge in [-0.3, -0.25) is 0 Å². The molecule has 0 saturated heterocycles. The molecule has 196 valence electrons. The van der Waals surface area contributed by atoms with Crippen LogP contribution >= 0.6 is 14.7 Å². The summed E-state index contributed by atoms with van der Waals surface area (Å²) in [5, 5.41) is 0. The number of hydrogen-bond acceptors (Lipinski definition) is 4. The molecule has 33 heavy (non-hydrogen) atoms. The van der Waals surface area contributed by atoms with E-state index in [0.717, 1.165) is 25.7 Å². The molecular weight excluding hydrogens is 450 g/mol. The van der Waals surface area contributed by atoms with Crippen LogP contribution in [0.25, 0.3) is 0 Å². The monoisotopic (exact) mass is 504 g/mol. The molecule has 0 aliphatic heterocycles. The van der Waals surface area contributed by atoms with Gasteiger partial charge < -0.3 is 0 Å². The van der Waals surface area contributed by atoms with Crippen LogP contribution in [0.4, 0.5) is 0 Å². The van der Waals surface area contributed by atoms with Crippen molar-refractivity contribution in [1.29, 1.82) is 0 Å². The zero-order valence-electron chi connectivity index (χ0n) is 22.1. The van der Waals surface area contributed by atoms with Gasteiger partial charge in [0, 0.05) is 0 Å². The second kappa shape index (κ2) is 13.2. The maximum atomic E-state index is 14.5. The third kappa shape index (κ3) is 6.65. The molecule has 3 aliphatic rings. The molecule has 0 aromatic carbocycles. The van der Waals surface area contributed by atoms with E-state index in [4.69, 9.17) is 13.4 Å². The van der Waals surface area contributed by atoms with E-state index in [0.29, 0.717) is 30.2 Å². The molecule has 0 aromatic heterocycles. The Morgan fingerprint density at radius 3 is 1.27 bits per heavy atom. The quantitative estimate of drug-likeness (QED) is 0.185. The molecule has 6 heteroatoms. The molecule has 0 amide bonds. The van der Waals surface area contributed by atoms with Gasteiger partial charge in [0.25, 0.3) is 0 Å². The number of hydrogen-bond donors (Lipinski definition) is 0. The Balaban J connectivity index is 2.04. The van der Waals surface area contributed by atoms with E-state index in [1.54, 1.807) is 0 Å². The molecule has 0 atom stereocenters. The average molecular weight is 505 g/mol. The Kier molecular flexibility index (Phi) is 11.2. The van der Waals surface area contributed by atoms with Gasteiger partial charge in [-0.1, -0.05) is 0 Å². The molecule has 0 bridgehead atoms. The summed E-state index contributed by atoms with van der Waals surface area (Å²) in [6.45, 7) is 4.94. The van der Waals surface area contributed by atoms with Gasteiger partial charge in [0.2, 0.25) is 0 Å². The fourth-order valence-corrected chi connectivity index (χ4v) is 19.1. The first-order valence-electron chi connectivity index (χ1n) is 14.6. The van der Waals surface area contributed by atoms with Gasteiger partial charge in [0.1, 0.15) is 0 Å². The number of rotatable bonds is 13. The molecular formula is C27H54O4P2. The van der Waals surface area contributed by atoms with Crippen LogP contribution < -0.4 is 0 Å². The van der Waals surface area contributed by atoms with Gasteiger partial charge in [-0.15, -0.1) is 0 Å². The van der Waals surface area contributed by atoms with Gasteiger partial charge in [-0.05, 0) is 0 Å². The maximum absolute atomic E-state index is 14.5. The molecule has 0 spiro atoms. The van der Waals surface area contributed by atoms with Crippen LogP contribution in [-0.2, 0) is 17.9 Å². The van der Waals surface area contributed by atoms with Crippen LogP contribution in [0.3, 0.4) is 0 Å². The molecule has 0 radical (unpaired) electrons. The van der Waals surface area contributed by atoms with E-state index in [-0.39, 0.29) is 0 Å². The van der Waals surface area contributed by atoms with Gasteiger partial charge in [-0.25, -0.2) is 0 Å². The summed E-state index contributed by atoms with van der Waals surface area (Å²) in [6, 6.07) is 0. The van der Waals surface area contributed by atoms with E-state index < -0.39 is 14.7 Å². The summed E-state index contributed by atoms with van der Waals surface area (Å²) in [6.07, 6.45) is 23.2. The predicted octanol–water partition coefficient (Wildman–Crippen LogP) is 9.84. The summed E-state index contributed by atoms with van der Waals surface area (Å²) in [5.41, 5.74) is 1.73. The Morgan fingerprint density at radius 2 is 0.970 bits per heavy atom. The third-order valence-corrected chi connectivity index (χ3v) is 20.1. The summed E-state index contributed by atoms with van der Waals surface area (Å²) in [4.78, 5) is 0. The van der Waals surface area contributed by atoms with E-state index in [1.165, 1.54) is 96.3 Å². The van der Waals surface area contributed by atoms with Crippen molar-refractivity contribution in [2.75, 3.05) is 19.9 Å². The molecule has 0 N–H and O–H groups in total. The molecule has 3 fully saturated rings. The second-order valence-electron chi connectivity index (χ2n) is 11.5. The fourth-order valence-electron chi connectivity index (χ4n) is 7.32. The van der Waals surface area contributed by atoms with Crippen LogP contribution in [0.2, 0.25) is 0 Å². The average Bonchev–Trinajstić information content (AvgIpc) is 2.86. The van der Waals surface area contributed by atoms with Crippen molar-refractivity contribution < 1.29 is 17.9 Å². The fraction of sp³-hybridized carbons (Fsp3) is 1.00.